The van der Waals surface area contributed by atoms with Crippen molar-refractivity contribution in [3.8, 4) is 0 Å². The third kappa shape index (κ3) is 4.01. The zero-order valence-corrected chi connectivity index (χ0v) is 11.6. The highest BCUT2D eigenvalue weighted by Gasteiger charge is 2.27. The van der Waals surface area contributed by atoms with Gasteiger partial charge >= 0.3 is 0 Å². The van der Waals surface area contributed by atoms with Crippen LogP contribution in [0.1, 0.15) is 18.5 Å². The van der Waals surface area contributed by atoms with Gasteiger partial charge in [-0.15, -0.1) is 0 Å². The maximum atomic E-state index is 8.98. The largest absolute Gasteiger partial charge is 0.395 e. The van der Waals surface area contributed by atoms with Crippen LogP contribution in [0.15, 0.2) is 30.3 Å². The first kappa shape index (κ1) is 14.5. The van der Waals surface area contributed by atoms with E-state index in [9.17, 15) is 0 Å². The number of rotatable bonds is 6. The van der Waals surface area contributed by atoms with E-state index in [1.807, 2.05) is 6.07 Å². The molecule has 1 aromatic rings. The van der Waals surface area contributed by atoms with Gasteiger partial charge in [-0.2, -0.15) is 0 Å². The van der Waals surface area contributed by atoms with E-state index in [2.05, 4.69) is 41.4 Å². The molecule has 2 rings (SSSR count). The Bertz CT molecular complexity index is 352. The highest BCUT2D eigenvalue weighted by Crippen LogP contribution is 2.25. The van der Waals surface area contributed by atoms with Crippen LogP contribution in [0.25, 0.3) is 0 Å². The Balaban J connectivity index is 2.12. The average molecular weight is 264 g/mol. The Morgan fingerprint density at radius 1 is 1.26 bits per heavy atom. The van der Waals surface area contributed by atoms with Gasteiger partial charge in [-0.05, 0) is 12.5 Å². The first-order chi connectivity index (χ1) is 9.33. The Labute approximate surface area is 115 Å². The van der Waals surface area contributed by atoms with Crippen LogP contribution in [-0.2, 0) is 4.74 Å². The summed E-state index contributed by atoms with van der Waals surface area (Å²) >= 11 is 0. The van der Waals surface area contributed by atoms with Crippen molar-refractivity contribution in [2.45, 2.75) is 19.0 Å². The molecule has 0 aromatic heterocycles. The molecule has 0 radical (unpaired) electrons. The van der Waals surface area contributed by atoms with Gasteiger partial charge in [0.2, 0.25) is 0 Å². The van der Waals surface area contributed by atoms with E-state index >= 15 is 0 Å². The normalized spacial score (nSPS) is 20.1. The standard InChI is InChI=1S/C15H24N2O2/c1-13(16-7-10-18)15(14-5-3-2-4-6-14)17-8-11-19-12-9-17/h2-6,13,15-16,18H,7-12H2,1H3. The van der Waals surface area contributed by atoms with Gasteiger partial charge in [0, 0.05) is 25.7 Å². The molecule has 0 saturated carbocycles. The highest BCUT2D eigenvalue weighted by molar-refractivity contribution is 5.20. The summed E-state index contributed by atoms with van der Waals surface area (Å²) in [5, 5.41) is 12.4. The molecular weight excluding hydrogens is 240 g/mol. The summed E-state index contributed by atoms with van der Waals surface area (Å²) in [4.78, 5) is 2.47. The van der Waals surface area contributed by atoms with E-state index < -0.39 is 0 Å². The van der Waals surface area contributed by atoms with E-state index in [0.29, 0.717) is 18.6 Å². The molecule has 2 atom stereocenters. The number of aliphatic hydroxyl groups is 1. The summed E-state index contributed by atoms with van der Waals surface area (Å²) < 4.78 is 5.44. The van der Waals surface area contributed by atoms with Gasteiger partial charge in [0.05, 0.1) is 25.9 Å². The monoisotopic (exact) mass is 264 g/mol. The fraction of sp³-hybridized carbons (Fsp3) is 0.600. The molecular formula is C15H24N2O2. The lowest BCUT2D eigenvalue weighted by molar-refractivity contribution is 0.00841. The quantitative estimate of drug-likeness (QED) is 0.805. The summed E-state index contributed by atoms with van der Waals surface area (Å²) in [6, 6.07) is 11.2. The minimum Gasteiger partial charge on any atom is -0.395 e. The molecule has 1 fully saturated rings. The second kappa shape index (κ2) is 7.60. The van der Waals surface area contributed by atoms with Crippen molar-refractivity contribution in [2.24, 2.45) is 0 Å². The van der Waals surface area contributed by atoms with Crippen molar-refractivity contribution in [1.29, 1.82) is 0 Å². The molecule has 19 heavy (non-hydrogen) atoms. The van der Waals surface area contributed by atoms with Crippen LogP contribution in [-0.4, -0.2) is 55.5 Å². The summed E-state index contributed by atoms with van der Waals surface area (Å²) in [6.07, 6.45) is 0. The Hall–Kier alpha value is -0.940. The predicted molar refractivity (Wildman–Crippen MR) is 76.1 cm³/mol. The molecule has 1 saturated heterocycles. The third-order valence-corrected chi connectivity index (χ3v) is 3.63. The van der Waals surface area contributed by atoms with Gasteiger partial charge in [0.1, 0.15) is 0 Å². The number of morpholine rings is 1. The van der Waals surface area contributed by atoms with Crippen LogP contribution in [0, 0.1) is 0 Å². The molecule has 1 aliphatic heterocycles. The van der Waals surface area contributed by atoms with Gasteiger partial charge in [-0.1, -0.05) is 30.3 Å². The van der Waals surface area contributed by atoms with Crippen molar-refractivity contribution in [3.05, 3.63) is 35.9 Å². The lowest BCUT2D eigenvalue weighted by atomic mass is 9.98. The van der Waals surface area contributed by atoms with Gasteiger partial charge in [0.25, 0.3) is 0 Å². The topological polar surface area (TPSA) is 44.7 Å². The second-order valence-electron chi connectivity index (χ2n) is 4.97. The van der Waals surface area contributed by atoms with Crippen LogP contribution < -0.4 is 5.32 Å². The molecule has 1 aromatic carbocycles. The fourth-order valence-corrected chi connectivity index (χ4v) is 2.73. The molecule has 0 aliphatic carbocycles. The van der Waals surface area contributed by atoms with Gasteiger partial charge in [-0.3, -0.25) is 4.90 Å². The molecule has 4 nitrogen and oxygen atoms in total. The molecule has 0 amide bonds. The number of hydrogen-bond acceptors (Lipinski definition) is 4. The summed E-state index contributed by atoms with van der Waals surface area (Å²) in [6.45, 7) is 6.52. The van der Waals surface area contributed by atoms with Crippen LogP contribution >= 0.6 is 0 Å². The van der Waals surface area contributed by atoms with Gasteiger partial charge in [-0.25, -0.2) is 0 Å². The van der Waals surface area contributed by atoms with Crippen molar-refractivity contribution in [1.82, 2.24) is 10.2 Å². The predicted octanol–water partition coefficient (Wildman–Crippen LogP) is 1.03. The minimum atomic E-state index is 0.176. The van der Waals surface area contributed by atoms with Crippen molar-refractivity contribution in [2.75, 3.05) is 39.5 Å². The summed E-state index contributed by atoms with van der Waals surface area (Å²) in [5.41, 5.74) is 1.32. The Morgan fingerprint density at radius 3 is 2.58 bits per heavy atom. The fourth-order valence-electron chi connectivity index (χ4n) is 2.73. The molecule has 1 heterocycles. The van der Waals surface area contributed by atoms with Gasteiger partial charge < -0.3 is 15.2 Å². The molecule has 0 bridgehead atoms. The Kier molecular flexibility index (Phi) is 5.79. The number of aliphatic hydroxyl groups excluding tert-OH is 1. The number of ether oxygens (including phenoxy) is 1. The van der Waals surface area contributed by atoms with Crippen molar-refractivity contribution in [3.63, 3.8) is 0 Å². The third-order valence-electron chi connectivity index (χ3n) is 3.63. The smallest absolute Gasteiger partial charge is 0.0594 e. The molecule has 106 valence electrons. The lowest BCUT2D eigenvalue weighted by Gasteiger charge is -2.38. The first-order valence-corrected chi connectivity index (χ1v) is 7.04. The zero-order valence-electron chi connectivity index (χ0n) is 11.6. The zero-order chi connectivity index (χ0) is 13.5. The second-order valence-corrected chi connectivity index (χ2v) is 4.97. The summed E-state index contributed by atoms with van der Waals surface area (Å²) in [5.74, 6) is 0. The molecule has 2 N–H and O–H groups in total. The lowest BCUT2D eigenvalue weighted by Crippen LogP contribution is -2.47. The number of nitrogens with zero attached hydrogens (tertiary/aromatic N) is 1. The Morgan fingerprint density at radius 2 is 1.95 bits per heavy atom. The van der Waals surface area contributed by atoms with Crippen LogP contribution in [0.5, 0.6) is 0 Å². The van der Waals surface area contributed by atoms with E-state index in [4.69, 9.17) is 9.84 Å². The maximum Gasteiger partial charge on any atom is 0.0594 e. The minimum absolute atomic E-state index is 0.176. The molecule has 4 heteroatoms. The molecule has 2 unspecified atom stereocenters. The van der Waals surface area contributed by atoms with Crippen LogP contribution in [0.3, 0.4) is 0 Å². The highest BCUT2D eigenvalue weighted by atomic mass is 16.5. The van der Waals surface area contributed by atoms with Crippen molar-refractivity contribution >= 4 is 0 Å². The van der Waals surface area contributed by atoms with Crippen molar-refractivity contribution < 1.29 is 9.84 Å². The van der Waals surface area contributed by atoms with E-state index in [1.54, 1.807) is 0 Å². The van der Waals surface area contributed by atoms with E-state index in [-0.39, 0.29) is 6.61 Å². The van der Waals surface area contributed by atoms with Gasteiger partial charge in [0.15, 0.2) is 0 Å². The molecule has 0 spiro atoms. The average Bonchev–Trinajstić information content (AvgIpc) is 2.47. The van der Waals surface area contributed by atoms with Crippen LogP contribution in [0.4, 0.5) is 0 Å². The van der Waals surface area contributed by atoms with Crippen LogP contribution in [0.2, 0.25) is 0 Å². The summed E-state index contributed by atoms with van der Waals surface area (Å²) in [7, 11) is 0. The SMILES string of the molecule is CC(NCCO)C(c1ccccc1)N1CCOCC1. The number of nitrogens with one attached hydrogen (secondary N) is 1. The number of hydrogen-bond donors (Lipinski definition) is 2. The van der Waals surface area contributed by atoms with E-state index in [1.165, 1.54) is 5.56 Å². The number of benzene rings is 1. The molecule has 1 aliphatic rings. The van der Waals surface area contributed by atoms with E-state index in [0.717, 1.165) is 26.3 Å². The maximum absolute atomic E-state index is 8.98. The first-order valence-electron chi connectivity index (χ1n) is 7.04.